The Labute approximate surface area is 130 Å². The molecule has 2 rings (SSSR count). The summed E-state index contributed by atoms with van der Waals surface area (Å²) < 4.78 is 31.4. The van der Waals surface area contributed by atoms with E-state index < -0.39 is 10.0 Å². The Kier molecular flexibility index (Phi) is 4.88. The van der Waals surface area contributed by atoms with Crippen molar-refractivity contribution in [3.63, 3.8) is 0 Å². The second-order valence-corrected chi connectivity index (χ2v) is 7.00. The van der Waals surface area contributed by atoms with Gasteiger partial charge < -0.3 is 4.74 Å². The van der Waals surface area contributed by atoms with Gasteiger partial charge in [-0.05, 0) is 23.8 Å². The zero-order valence-corrected chi connectivity index (χ0v) is 13.4. The molecule has 0 bridgehead atoms. The van der Waals surface area contributed by atoms with Crippen molar-refractivity contribution >= 4 is 21.6 Å². The summed E-state index contributed by atoms with van der Waals surface area (Å²) in [4.78, 5) is 0.145. The summed E-state index contributed by atoms with van der Waals surface area (Å²) >= 11 is 5.99. The molecule has 0 N–H and O–H groups in total. The lowest BCUT2D eigenvalue weighted by Crippen LogP contribution is -2.26. The van der Waals surface area contributed by atoms with Crippen molar-refractivity contribution in [3.8, 4) is 5.75 Å². The zero-order chi connectivity index (χ0) is 15.5. The SMILES string of the molecule is COc1ccc(S(=O)(=O)N(C)Cc2ccccc2)cc1Cl. The highest BCUT2D eigenvalue weighted by molar-refractivity contribution is 7.89. The highest BCUT2D eigenvalue weighted by Gasteiger charge is 2.22. The molecule has 0 aromatic heterocycles. The van der Waals surface area contributed by atoms with E-state index in [1.165, 1.54) is 23.5 Å². The second-order valence-electron chi connectivity index (χ2n) is 4.54. The molecule has 0 aliphatic carbocycles. The molecule has 0 spiro atoms. The van der Waals surface area contributed by atoms with Gasteiger partial charge in [-0.3, -0.25) is 0 Å². The van der Waals surface area contributed by atoms with Crippen LogP contribution in [0.1, 0.15) is 5.56 Å². The monoisotopic (exact) mass is 325 g/mol. The number of sulfonamides is 1. The molecule has 0 fully saturated rings. The minimum atomic E-state index is -3.59. The summed E-state index contributed by atoms with van der Waals surface area (Å²) in [6.45, 7) is 0.298. The van der Waals surface area contributed by atoms with Gasteiger partial charge in [0.1, 0.15) is 5.75 Å². The van der Waals surface area contributed by atoms with Gasteiger partial charge in [0.25, 0.3) is 0 Å². The maximum atomic E-state index is 12.5. The lowest BCUT2D eigenvalue weighted by molar-refractivity contribution is 0.414. The van der Waals surface area contributed by atoms with E-state index in [1.807, 2.05) is 30.3 Å². The first kappa shape index (κ1) is 15.8. The van der Waals surface area contributed by atoms with Crippen LogP contribution in [0.3, 0.4) is 0 Å². The first-order chi connectivity index (χ1) is 9.95. The standard InChI is InChI=1S/C15H16ClNO3S/c1-17(11-12-6-4-3-5-7-12)21(18,19)13-8-9-15(20-2)14(16)10-13/h3-10H,11H2,1-2H3. The van der Waals surface area contributed by atoms with Crippen LogP contribution in [-0.4, -0.2) is 26.9 Å². The molecule has 2 aromatic carbocycles. The predicted molar refractivity (Wildman–Crippen MR) is 83.1 cm³/mol. The van der Waals surface area contributed by atoms with Crippen LogP contribution in [0.25, 0.3) is 0 Å². The average Bonchev–Trinajstić information content (AvgIpc) is 2.48. The van der Waals surface area contributed by atoms with Crippen LogP contribution in [0.4, 0.5) is 0 Å². The third-order valence-electron chi connectivity index (χ3n) is 3.08. The molecule has 0 aliphatic rings. The fourth-order valence-corrected chi connectivity index (χ4v) is 3.42. The van der Waals surface area contributed by atoms with Gasteiger partial charge in [0.2, 0.25) is 10.0 Å². The molecule has 0 heterocycles. The van der Waals surface area contributed by atoms with Gasteiger partial charge in [-0.15, -0.1) is 0 Å². The summed E-state index contributed by atoms with van der Waals surface area (Å²) in [5, 5.41) is 0.270. The summed E-state index contributed by atoms with van der Waals surface area (Å²) in [7, 11) is -0.566. The zero-order valence-electron chi connectivity index (χ0n) is 11.8. The van der Waals surface area contributed by atoms with Crippen LogP contribution in [-0.2, 0) is 16.6 Å². The van der Waals surface area contributed by atoms with E-state index >= 15 is 0 Å². The maximum Gasteiger partial charge on any atom is 0.243 e. The van der Waals surface area contributed by atoms with Crippen LogP contribution in [0.15, 0.2) is 53.4 Å². The van der Waals surface area contributed by atoms with E-state index in [0.29, 0.717) is 12.3 Å². The van der Waals surface area contributed by atoms with Crippen molar-refractivity contribution in [2.75, 3.05) is 14.2 Å². The fourth-order valence-electron chi connectivity index (χ4n) is 1.91. The average molecular weight is 326 g/mol. The Balaban J connectivity index is 2.27. The molecular weight excluding hydrogens is 310 g/mol. The lowest BCUT2D eigenvalue weighted by Gasteiger charge is -2.18. The molecule has 0 unspecified atom stereocenters. The molecule has 21 heavy (non-hydrogen) atoms. The minimum Gasteiger partial charge on any atom is -0.495 e. The Morgan fingerprint density at radius 3 is 2.38 bits per heavy atom. The van der Waals surface area contributed by atoms with Gasteiger partial charge in [0.05, 0.1) is 17.0 Å². The largest absolute Gasteiger partial charge is 0.495 e. The third kappa shape index (κ3) is 3.56. The van der Waals surface area contributed by atoms with Crippen LogP contribution in [0.2, 0.25) is 5.02 Å². The highest BCUT2D eigenvalue weighted by Crippen LogP contribution is 2.28. The van der Waals surface area contributed by atoms with Crippen LogP contribution >= 0.6 is 11.6 Å². The molecule has 0 saturated carbocycles. The molecule has 2 aromatic rings. The number of hydrogen-bond acceptors (Lipinski definition) is 3. The number of halogens is 1. The molecule has 0 aliphatic heterocycles. The molecule has 0 amide bonds. The first-order valence-electron chi connectivity index (χ1n) is 6.29. The van der Waals surface area contributed by atoms with Crippen molar-refractivity contribution in [2.24, 2.45) is 0 Å². The molecule has 0 saturated heterocycles. The number of methoxy groups -OCH3 is 1. The third-order valence-corrected chi connectivity index (χ3v) is 5.17. The number of ether oxygens (including phenoxy) is 1. The number of benzene rings is 2. The quantitative estimate of drug-likeness (QED) is 0.848. The van der Waals surface area contributed by atoms with E-state index in [0.717, 1.165) is 5.56 Å². The second kappa shape index (κ2) is 6.47. The minimum absolute atomic E-state index is 0.145. The van der Waals surface area contributed by atoms with Gasteiger partial charge in [-0.1, -0.05) is 41.9 Å². The molecule has 4 nitrogen and oxygen atoms in total. The Bertz CT molecular complexity index is 717. The summed E-state index contributed by atoms with van der Waals surface area (Å²) in [5.41, 5.74) is 0.920. The van der Waals surface area contributed by atoms with E-state index in [2.05, 4.69) is 0 Å². The van der Waals surface area contributed by atoms with Crippen molar-refractivity contribution < 1.29 is 13.2 Å². The molecule has 0 radical (unpaired) electrons. The van der Waals surface area contributed by atoms with E-state index in [1.54, 1.807) is 13.1 Å². The maximum absolute atomic E-state index is 12.5. The number of nitrogens with zero attached hydrogens (tertiary/aromatic N) is 1. The topological polar surface area (TPSA) is 46.6 Å². The highest BCUT2D eigenvalue weighted by atomic mass is 35.5. The van der Waals surface area contributed by atoms with Crippen LogP contribution in [0, 0.1) is 0 Å². The van der Waals surface area contributed by atoms with E-state index in [9.17, 15) is 8.42 Å². The summed E-state index contributed by atoms with van der Waals surface area (Å²) in [6.07, 6.45) is 0. The van der Waals surface area contributed by atoms with Crippen molar-refractivity contribution in [1.29, 1.82) is 0 Å². The first-order valence-corrected chi connectivity index (χ1v) is 8.11. The van der Waals surface area contributed by atoms with Crippen molar-refractivity contribution in [2.45, 2.75) is 11.4 Å². The summed E-state index contributed by atoms with van der Waals surface area (Å²) in [5.74, 6) is 0.446. The lowest BCUT2D eigenvalue weighted by atomic mass is 10.2. The number of hydrogen-bond donors (Lipinski definition) is 0. The Hall–Kier alpha value is -1.56. The molecule has 0 atom stereocenters. The van der Waals surface area contributed by atoms with Gasteiger partial charge in [-0.25, -0.2) is 8.42 Å². The van der Waals surface area contributed by atoms with Crippen molar-refractivity contribution in [1.82, 2.24) is 4.31 Å². The fraction of sp³-hybridized carbons (Fsp3) is 0.200. The predicted octanol–water partition coefficient (Wildman–Crippen LogP) is 3.17. The van der Waals surface area contributed by atoms with E-state index in [4.69, 9.17) is 16.3 Å². The number of rotatable bonds is 5. The Morgan fingerprint density at radius 2 is 1.81 bits per heavy atom. The molecule has 6 heteroatoms. The van der Waals surface area contributed by atoms with Crippen LogP contribution < -0.4 is 4.74 Å². The van der Waals surface area contributed by atoms with Gasteiger partial charge in [0, 0.05) is 13.6 Å². The van der Waals surface area contributed by atoms with Gasteiger partial charge in [0.15, 0.2) is 0 Å². The molecular formula is C15H16ClNO3S. The molecule has 112 valence electrons. The van der Waals surface area contributed by atoms with Crippen molar-refractivity contribution in [3.05, 3.63) is 59.1 Å². The van der Waals surface area contributed by atoms with Gasteiger partial charge >= 0.3 is 0 Å². The smallest absolute Gasteiger partial charge is 0.243 e. The Morgan fingerprint density at radius 1 is 1.14 bits per heavy atom. The summed E-state index contributed by atoms with van der Waals surface area (Å²) in [6, 6.07) is 13.8. The van der Waals surface area contributed by atoms with E-state index in [-0.39, 0.29) is 9.92 Å². The van der Waals surface area contributed by atoms with Gasteiger partial charge in [-0.2, -0.15) is 4.31 Å². The van der Waals surface area contributed by atoms with Crippen LogP contribution in [0.5, 0.6) is 5.75 Å². The normalized spacial score (nSPS) is 11.6.